The summed E-state index contributed by atoms with van der Waals surface area (Å²) in [7, 11) is 4.11. The number of likely N-dealkylation sites (tertiary alicyclic amines) is 1. The summed E-state index contributed by atoms with van der Waals surface area (Å²) in [5, 5.41) is 10.4. The van der Waals surface area contributed by atoms with E-state index in [9.17, 15) is 10.1 Å². The van der Waals surface area contributed by atoms with Crippen molar-refractivity contribution in [2.45, 2.75) is 50.2 Å². The van der Waals surface area contributed by atoms with Crippen molar-refractivity contribution in [2.75, 3.05) is 45.2 Å². The number of hydrogen-bond donors (Lipinski definition) is 0. The molecule has 0 radical (unpaired) electrons. The van der Waals surface area contributed by atoms with E-state index in [0.717, 1.165) is 37.0 Å². The van der Waals surface area contributed by atoms with Gasteiger partial charge in [0, 0.05) is 54.3 Å². The molecule has 2 unspecified atom stereocenters. The fraction of sp³-hybridized carbons (Fsp3) is 0.412. The number of pyridine rings is 1. The predicted molar refractivity (Wildman–Crippen MR) is 173 cm³/mol. The van der Waals surface area contributed by atoms with E-state index in [1.165, 1.54) is 6.08 Å². The molecule has 11 heteroatoms. The zero-order chi connectivity index (χ0) is 31.4. The Labute approximate surface area is 266 Å². The molecule has 0 saturated carbocycles. The van der Waals surface area contributed by atoms with Gasteiger partial charge in [-0.3, -0.25) is 4.79 Å². The van der Waals surface area contributed by atoms with E-state index in [0.29, 0.717) is 60.1 Å². The van der Waals surface area contributed by atoms with Crippen molar-refractivity contribution in [1.82, 2.24) is 24.3 Å². The summed E-state index contributed by atoms with van der Waals surface area (Å²) in [6, 6.07) is 9.86. The second-order valence-electron chi connectivity index (χ2n) is 12.4. The maximum absolute atomic E-state index is 17.0. The number of anilines is 1. The Morgan fingerprint density at radius 1 is 1.31 bits per heavy atom. The average Bonchev–Trinajstić information content (AvgIpc) is 3.46. The van der Waals surface area contributed by atoms with Crippen molar-refractivity contribution >= 4 is 45.3 Å². The normalized spacial score (nSPS) is 20.2. The molecule has 2 saturated heterocycles. The number of benzene rings is 2. The fourth-order valence-corrected chi connectivity index (χ4v) is 7.42. The molecule has 0 bridgehead atoms. The van der Waals surface area contributed by atoms with Crippen LogP contribution < -0.4 is 9.64 Å². The van der Waals surface area contributed by atoms with Crippen LogP contribution in [0.3, 0.4) is 0 Å². The number of carbonyl (C=O) groups is 1. The van der Waals surface area contributed by atoms with Crippen LogP contribution in [0.1, 0.15) is 37.3 Å². The number of carbonyl (C=O) groups excluding carboxylic acids is 1. The fourth-order valence-electron chi connectivity index (χ4n) is 7.12. The number of aromatic nitrogens is 3. The highest BCUT2D eigenvalue weighted by molar-refractivity contribution is 6.35. The summed E-state index contributed by atoms with van der Waals surface area (Å²) in [6.45, 7) is 6.20. The zero-order valence-electron chi connectivity index (χ0n) is 25.5. The maximum atomic E-state index is 17.0. The topological polar surface area (TPSA) is 90.5 Å². The number of para-hydroxylation sites is 1. The number of aryl methyl sites for hydroxylation is 1. The molecule has 0 N–H and O–H groups in total. The van der Waals surface area contributed by atoms with Crippen molar-refractivity contribution in [1.29, 1.82) is 5.26 Å². The summed E-state index contributed by atoms with van der Waals surface area (Å²) in [5.41, 5.74) is 3.62. The van der Waals surface area contributed by atoms with Gasteiger partial charge in [-0.1, -0.05) is 36.4 Å². The van der Waals surface area contributed by atoms with Crippen LogP contribution in [0.15, 0.2) is 43.2 Å². The van der Waals surface area contributed by atoms with Crippen molar-refractivity contribution in [3.8, 4) is 22.9 Å². The molecule has 0 aliphatic carbocycles. The number of imidazole rings is 1. The molecule has 5 heterocycles. The molecule has 0 spiro atoms. The van der Waals surface area contributed by atoms with Gasteiger partial charge >= 0.3 is 0 Å². The minimum atomic E-state index is -0.491. The van der Waals surface area contributed by atoms with Crippen LogP contribution >= 0.6 is 11.6 Å². The van der Waals surface area contributed by atoms with E-state index in [4.69, 9.17) is 26.3 Å². The highest BCUT2D eigenvalue weighted by Crippen LogP contribution is 2.45. The van der Waals surface area contributed by atoms with Crippen LogP contribution in [0.5, 0.6) is 5.75 Å². The summed E-state index contributed by atoms with van der Waals surface area (Å²) in [5.74, 6) is 0.647. The first-order valence-corrected chi connectivity index (χ1v) is 15.8. The Morgan fingerprint density at radius 2 is 2.13 bits per heavy atom. The third-order valence-electron chi connectivity index (χ3n) is 9.63. The average molecular weight is 628 g/mol. The molecular formula is C34H35ClFN7O2. The van der Waals surface area contributed by atoms with Crippen LogP contribution in [-0.2, 0) is 11.2 Å². The number of ether oxygens (including phenoxy) is 1. The molecule has 3 aliphatic heterocycles. The van der Waals surface area contributed by atoms with Crippen LogP contribution in [-0.4, -0.2) is 82.7 Å². The van der Waals surface area contributed by atoms with Gasteiger partial charge in [0.05, 0.1) is 36.0 Å². The number of amides is 1. The van der Waals surface area contributed by atoms with E-state index in [2.05, 4.69) is 41.1 Å². The molecule has 232 valence electrons. The number of fused-ring (bicyclic) bond motifs is 4. The molecule has 9 nitrogen and oxygen atoms in total. The van der Waals surface area contributed by atoms with Gasteiger partial charge in [-0.2, -0.15) is 5.26 Å². The van der Waals surface area contributed by atoms with Gasteiger partial charge < -0.3 is 24.0 Å². The molecule has 1 amide bonds. The molecular weight excluding hydrogens is 593 g/mol. The lowest BCUT2D eigenvalue weighted by Crippen LogP contribution is -2.57. The zero-order valence-corrected chi connectivity index (χ0v) is 26.2. The minimum absolute atomic E-state index is 0.0670. The van der Waals surface area contributed by atoms with Gasteiger partial charge in [0.1, 0.15) is 16.8 Å². The number of likely N-dealkylation sites (N-methyl/N-ethyl adjacent to an activating group) is 1. The van der Waals surface area contributed by atoms with Crippen LogP contribution in [0.25, 0.3) is 33.1 Å². The lowest BCUT2D eigenvalue weighted by atomic mass is 9.94. The highest BCUT2D eigenvalue weighted by Gasteiger charge is 2.36. The Morgan fingerprint density at radius 3 is 2.89 bits per heavy atom. The van der Waals surface area contributed by atoms with Crippen molar-refractivity contribution in [3.05, 3.63) is 59.7 Å². The predicted octanol–water partition coefficient (Wildman–Crippen LogP) is 5.75. The monoisotopic (exact) mass is 627 g/mol. The number of piperidine rings is 1. The Kier molecular flexibility index (Phi) is 7.62. The van der Waals surface area contributed by atoms with Gasteiger partial charge in [0.25, 0.3) is 0 Å². The largest absolute Gasteiger partial charge is 0.493 e. The first kappa shape index (κ1) is 29.5. The second kappa shape index (κ2) is 11.6. The number of halogens is 2. The first-order chi connectivity index (χ1) is 21.8. The summed E-state index contributed by atoms with van der Waals surface area (Å²) < 4.78 is 25.1. The van der Waals surface area contributed by atoms with Crippen LogP contribution in [0, 0.1) is 17.1 Å². The van der Waals surface area contributed by atoms with Crippen molar-refractivity contribution < 1.29 is 13.9 Å². The summed E-state index contributed by atoms with van der Waals surface area (Å²) >= 11 is 6.96. The number of nitriles is 1. The van der Waals surface area contributed by atoms with E-state index in [1.54, 1.807) is 17.3 Å². The summed E-state index contributed by atoms with van der Waals surface area (Å²) in [6.07, 6.45) is 6.30. The van der Waals surface area contributed by atoms with Gasteiger partial charge in [-0.15, -0.1) is 0 Å². The number of nitrogens with zero attached hydrogens (tertiary/aromatic N) is 7. The minimum Gasteiger partial charge on any atom is -0.493 e. The van der Waals surface area contributed by atoms with Gasteiger partial charge in [-0.05, 0) is 57.5 Å². The standard InChI is InChI=1S/C34H35ClFN7O2/c1-4-27(44)42-13-11-22(15-21(42)10-12-37)43-19-38-31-32(43)25-16-26(35)28(24-9-5-7-20-8-6-14-45-33(20)24)29(36)30(25)39-34(31)41-17-23(18-41)40(2)3/h4-5,7,9,16,19,21-23H,1,6,8,10-11,13-15,17-18H2,2-3H3. The van der Waals surface area contributed by atoms with Gasteiger partial charge in [0.2, 0.25) is 5.91 Å². The molecule has 7 rings (SSSR count). The quantitative estimate of drug-likeness (QED) is 0.251. The van der Waals surface area contributed by atoms with Crippen molar-refractivity contribution in [3.63, 3.8) is 0 Å². The number of hydrogen-bond acceptors (Lipinski definition) is 7. The molecule has 3 aliphatic rings. The molecule has 2 atom stereocenters. The van der Waals surface area contributed by atoms with E-state index in [1.807, 2.05) is 18.2 Å². The Balaban J connectivity index is 1.41. The lowest BCUT2D eigenvalue weighted by Gasteiger charge is -2.43. The third kappa shape index (κ3) is 4.89. The second-order valence-corrected chi connectivity index (χ2v) is 12.8. The van der Waals surface area contributed by atoms with E-state index in [-0.39, 0.29) is 40.5 Å². The van der Waals surface area contributed by atoms with Crippen LogP contribution in [0.4, 0.5) is 10.2 Å². The molecule has 2 fully saturated rings. The highest BCUT2D eigenvalue weighted by atomic mass is 35.5. The van der Waals surface area contributed by atoms with Gasteiger partial charge in [0.15, 0.2) is 11.6 Å². The SMILES string of the molecule is C=CC(=O)N1CCC(n2cnc3c(N4CC(N(C)C)C4)nc4c(F)c(-c5cccc6c5OCCC6)c(Cl)cc4c32)CC1CC#N. The Hall–Kier alpha value is -4.20. The molecule has 4 aromatic rings. The number of rotatable bonds is 6. The first-order valence-electron chi connectivity index (χ1n) is 15.4. The van der Waals surface area contributed by atoms with Crippen molar-refractivity contribution in [2.24, 2.45) is 0 Å². The maximum Gasteiger partial charge on any atom is 0.246 e. The third-order valence-corrected chi connectivity index (χ3v) is 9.93. The van der Waals surface area contributed by atoms with E-state index >= 15 is 4.39 Å². The molecule has 2 aromatic carbocycles. The van der Waals surface area contributed by atoms with Crippen LogP contribution in [0.2, 0.25) is 5.02 Å². The molecule has 45 heavy (non-hydrogen) atoms. The smallest absolute Gasteiger partial charge is 0.246 e. The lowest BCUT2D eigenvalue weighted by molar-refractivity contribution is -0.130. The molecule has 2 aromatic heterocycles. The summed E-state index contributed by atoms with van der Waals surface area (Å²) in [4.78, 5) is 28.4. The van der Waals surface area contributed by atoms with Gasteiger partial charge in [-0.25, -0.2) is 14.4 Å². The van der Waals surface area contributed by atoms with E-state index < -0.39 is 5.82 Å². The Bertz CT molecular complexity index is 1880.